The number of nitrogens with one attached hydrogen (secondary N) is 1. The zero-order valence-corrected chi connectivity index (χ0v) is 18.1. The van der Waals surface area contributed by atoms with E-state index in [0.29, 0.717) is 10.7 Å². The van der Waals surface area contributed by atoms with Crippen molar-refractivity contribution in [2.24, 2.45) is 0 Å². The number of alkyl halides is 3. The van der Waals surface area contributed by atoms with Crippen molar-refractivity contribution in [3.8, 4) is 22.6 Å². The number of hydrogen-bond donors (Lipinski definition) is 1. The second-order valence-corrected chi connectivity index (χ2v) is 7.51. The van der Waals surface area contributed by atoms with Gasteiger partial charge in [0.05, 0.1) is 23.6 Å². The van der Waals surface area contributed by atoms with Crippen LogP contribution in [0.4, 0.5) is 22.0 Å². The molecule has 1 amide bonds. The van der Waals surface area contributed by atoms with E-state index < -0.39 is 36.3 Å². The Kier molecular flexibility index (Phi) is 6.28. The van der Waals surface area contributed by atoms with Crippen molar-refractivity contribution in [2.45, 2.75) is 32.6 Å². The lowest BCUT2D eigenvalue weighted by Crippen LogP contribution is -2.27. The van der Waals surface area contributed by atoms with Crippen molar-refractivity contribution in [1.29, 1.82) is 0 Å². The fourth-order valence-corrected chi connectivity index (χ4v) is 3.21. The van der Waals surface area contributed by atoms with E-state index in [1.54, 1.807) is 13.8 Å². The first-order chi connectivity index (χ1) is 16.5. The molecule has 1 atom stereocenters. The second-order valence-electron chi connectivity index (χ2n) is 7.51. The summed E-state index contributed by atoms with van der Waals surface area (Å²) in [6.45, 7) is 1.70. The summed E-state index contributed by atoms with van der Waals surface area (Å²) in [5, 5.41) is 13.3. The summed E-state index contributed by atoms with van der Waals surface area (Å²) in [6.07, 6.45) is -3.58. The van der Waals surface area contributed by atoms with Crippen LogP contribution in [0.15, 0.2) is 41.1 Å². The number of aromatic nitrogens is 6. The summed E-state index contributed by atoms with van der Waals surface area (Å²) in [5.41, 5.74) is -0.649. The number of carbonyl (C=O) groups excluding carboxylic acids is 1. The third-order valence-electron chi connectivity index (χ3n) is 4.78. The fraction of sp³-hybridized carbons (Fsp3) is 0.238. The highest BCUT2D eigenvalue weighted by atomic mass is 19.4. The van der Waals surface area contributed by atoms with Gasteiger partial charge < -0.3 is 9.84 Å². The second kappa shape index (κ2) is 9.19. The van der Waals surface area contributed by atoms with E-state index in [1.807, 2.05) is 0 Å². The van der Waals surface area contributed by atoms with E-state index in [2.05, 4.69) is 30.8 Å². The van der Waals surface area contributed by atoms with Crippen molar-refractivity contribution >= 4 is 5.91 Å². The maximum Gasteiger partial charge on any atom is 0.408 e. The molecule has 1 N–H and O–H groups in total. The Balaban J connectivity index is 1.78. The van der Waals surface area contributed by atoms with Crippen LogP contribution in [-0.2, 0) is 6.54 Å². The number of amides is 1. The van der Waals surface area contributed by atoms with E-state index in [9.17, 15) is 26.7 Å². The molecule has 14 heteroatoms. The van der Waals surface area contributed by atoms with Gasteiger partial charge in [-0.05, 0) is 31.2 Å². The summed E-state index contributed by atoms with van der Waals surface area (Å²) < 4.78 is 72.3. The molecule has 4 rings (SSSR count). The monoisotopic (exact) mass is 493 g/mol. The lowest BCUT2D eigenvalue weighted by atomic mass is 10.1. The molecule has 35 heavy (non-hydrogen) atoms. The van der Waals surface area contributed by atoms with Crippen LogP contribution in [0.1, 0.15) is 35.0 Å². The molecule has 0 saturated heterocycles. The summed E-state index contributed by atoms with van der Waals surface area (Å²) in [5.74, 6) is -2.01. The Bertz CT molecular complexity index is 1380. The number of nitrogens with zero attached hydrogens (tertiary/aromatic N) is 6. The molecule has 0 radical (unpaired) electrons. The number of benzene rings is 1. The van der Waals surface area contributed by atoms with Crippen LogP contribution < -0.4 is 5.32 Å². The van der Waals surface area contributed by atoms with Gasteiger partial charge in [0.1, 0.15) is 23.9 Å². The topological polar surface area (TPSA) is 112 Å². The van der Waals surface area contributed by atoms with Crippen LogP contribution in [0.25, 0.3) is 22.6 Å². The van der Waals surface area contributed by atoms with Crippen molar-refractivity contribution in [3.05, 3.63) is 65.4 Å². The Morgan fingerprint density at radius 2 is 1.89 bits per heavy atom. The summed E-state index contributed by atoms with van der Waals surface area (Å²) in [4.78, 5) is 21.2. The molecule has 3 heterocycles. The Morgan fingerprint density at radius 1 is 1.14 bits per heavy atom. The third kappa shape index (κ3) is 5.47. The first-order valence-electron chi connectivity index (χ1n) is 10.0. The van der Waals surface area contributed by atoms with Crippen LogP contribution >= 0.6 is 0 Å². The first kappa shape index (κ1) is 23.9. The van der Waals surface area contributed by atoms with Crippen molar-refractivity contribution in [1.82, 2.24) is 35.4 Å². The smallest absolute Gasteiger partial charge is 0.342 e. The van der Waals surface area contributed by atoms with Crippen LogP contribution in [0, 0.1) is 18.6 Å². The van der Waals surface area contributed by atoms with Gasteiger partial charge in [-0.3, -0.25) is 4.79 Å². The molecule has 1 aromatic carbocycles. The summed E-state index contributed by atoms with van der Waals surface area (Å²) >= 11 is 0. The van der Waals surface area contributed by atoms with Crippen molar-refractivity contribution in [2.75, 3.05) is 0 Å². The van der Waals surface area contributed by atoms with Gasteiger partial charge in [-0.25, -0.2) is 18.4 Å². The van der Waals surface area contributed by atoms with E-state index in [-0.39, 0.29) is 39.9 Å². The minimum absolute atomic E-state index is 0.0689. The van der Waals surface area contributed by atoms with E-state index in [0.717, 1.165) is 18.3 Å². The van der Waals surface area contributed by atoms with E-state index >= 15 is 0 Å². The number of pyridine rings is 1. The average Bonchev–Trinajstić information content (AvgIpc) is 3.41. The third-order valence-corrected chi connectivity index (χ3v) is 4.78. The molecule has 0 unspecified atom stereocenters. The maximum absolute atomic E-state index is 14.5. The van der Waals surface area contributed by atoms with Gasteiger partial charge in [-0.1, -0.05) is 10.4 Å². The predicted octanol–water partition coefficient (Wildman–Crippen LogP) is 4.03. The number of hydrogen-bond acceptors (Lipinski definition) is 7. The molecule has 3 aromatic heterocycles. The largest absolute Gasteiger partial charge is 0.408 e. The molecule has 9 nitrogen and oxygen atoms in total. The molecular formula is C21H16F5N7O2. The zero-order chi connectivity index (χ0) is 25.3. The Hall–Kier alpha value is -4.23. The molecule has 0 bridgehead atoms. The molecule has 182 valence electrons. The van der Waals surface area contributed by atoms with Crippen LogP contribution in [0.5, 0.6) is 0 Å². The predicted molar refractivity (Wildman–Crippen MR) is 110 cm³/mol. The summed E-state index contributed by atoms with van der Waals surface area (Å²) in [7, 11) is 0. The van der Waals surface area contributed by atoms with Gasteiger partial charge in [0.25, 0.3) is 5.91 Å². The zero-order valence-electron chi connectivity index (χ0n) is 18.1. The van der Waals surface area contributed by atoms with Crippen LogP contribution in [0.3, 0.4) is 0 Å². The number of carbonyl (C=O) groups is 1. The molecular weight excluding hydrogens is 477 g/mol. The minimum atomic E-state index is -4.61. The van der Waals surface area contributed by atoms with Crippen LogP contribution in [0.2, 0.25) is 0 Å². The highest BCUT2D eigenvalue weighted by molar-refractivity contribution is 5.96. The standard InChI is InChI=1S/C21H16F5N7O2/c1-10(19-29-11(2)35-31-19)28-20(34)12-5-16(14-4-3-13(22)7-15(14)23)30-17(6-12)18-8-27-32-33(18)9-21(24,25)26/h3-8,10H,9H2,1-2H3,(H,28,34)/t10-/m1/s1. The van der Waals surface area contributed by atoms with Gasteiger partial charge in [-0.15, -0.1) is 5.10 Å². The van der Waals surface area contributed by atoms with Gasteiger partial charge in [0, 0.05) is 24.1 Å². The Labute approximate surface area is 194 Å². The molecule has 0 aliphatic rings. The lowest BCUT2D eigenvalue weighted by molar-refractivity contribution is -0.142. The number of rotatable bonds is 6. The van der Waals surface area contributed by atoms with Crippen molar-refractivity contribution < 1.29 is 31.3 Å². The number of halogens is 5. The number of aryl methyl sites for hydroxylation is 1. The molecule has 0 spiro atoms. The fourth-order valence-electron chi connectivity index (χ4n) is 3.21. The van der Waals surface area contributed by atoms with Gasteiger partial charge in [0.2, 0.25) is 5.89 Å². The highest BCUT2D eigenvalue weighted by Gasteiger charge is 2.30. The first-order valence-corrected chi connectivity index (χ1v) is 10.0. The molecule has 0 saturated carbocycles. The van der Waals surface area contributed by atoms with E-state index in [1.165, 1.54) is 12.1 Å². The van der Waals surface area contributed by atoms with Gasteiger partial charge in [0.15, 0.2) is 5.82 Å². The normalized spacial score (nSPS) is 12.5. The molecule has 0 aliphatic carbocycles. The molecule has 0 fully saturated rings. The molecule has 0 aliphatic heterocycles. The van der Waals surface area contributed by atoms with Gasteiger partial charge in [-0.2, -0.15) is 18.2 Å². The summed E-state index contributed by atoms with van der Waals surface area (Å²) in [6, 6.07) is 4.46. The van der Waals surface area contributed by atoms with Crippen LogP contribution in [-0.4, -0.2) is 42.2 Å². The Morgan fingerprint density at radius 3 is 2.54 bits per heavy atom. The quantitative estimate of drug-likeness (QED) is 0.404. The maximum atomic E-state index is 14.5. The SMILES string of the molecule is Cc1nc([C@@H](C)NC(=O)c2cc(-c3ccc(F)cc3F)nc(-c3cnnn3CC(F)(F)F)c2)no1. The highest BCUT2D eigenvalue weighted by Crippen LogP contribution is 2.28. The van der Waals surface area contributed by atoms with Gasteiger partial charge >= 0.3 is 6.18 Å². The molecule has 4 aromatic rings. The van der Waals surface area contributed by atoms with E-state index in [4.69, 9.17) is 4.52 Å². The van der Waals surface area contributed by atoms with Crippen molar-refractivity contribution in [3.63, 3.8) is 0 Å². The minimum Gasteiger partial charge on any atom is -0.342 e. The average molecular weight is 493 g/mol. The lowest BCUT2D eigenvalue weighted by Gasteiger charge is -2.14.